The van der Waals surface area contributed by atoms with Crippen LogP contribution in [0.1, 0.15) is 20.7 Å². The Kier molecular flexibility index (Phi) is 7.37. The fourth-order valence-electron chi connectivity index (χ4n) is 3.39. The van der Waals surface area contributed by atoms with Gasteiger partial charge in [-0.1, -0.05) is 18.2 Å². The summed E-state index contributed by atoms with van der Waals surface area (Å²) >= 11 is 0.991. The maximum absolute atomic E-state index is 13.7. The number of anilines is 2. The second-order valence-electron chi connectivity index (χ2n) is 7.43. The molecule has 4 aromatic rings. The third-order valence-electron chi connectivity index (χ3n) is 5.23. The minimum Gasteiger partial charge on any atom is -0.497 e. The van der Waals surface area contributed by atoms with E-state index in [1.165, 1.54) is 44.6 Å². The number of nitrogens with zero attached hydrogens (tertiary/aromatic N) is 1. The van der Waals surface area contributed by atoms with Crippen molar-refractivity contribution in [2.45, 2.75) is 4.21 Å². The molecule has 0 spiro atoms. The quantitative estimate of drug-likeness (QED) is 0.347. The fraction of sp³-hybridized carbons (Fsp3) is 0.0769. The zero-order valence-electron chi connectivity index (χ0n) is 19.4. The zero-order chi connectivity index (χ0) is 25.7. The summed E-state index contributed by atoms with van der Waals surface area (Å²) < 4.78 is 38.3. The standard InChI is InChI=1S/C26H22N2O6S2/c1-33-20-13-9-18(10-14-20)25(29)27-22-6-3-4-7-23(22)28(36(31,32)24-8-5-17-35-24)26(30)19-11-15-21(34-2)16-12-19/h3-17H,1-2H3,(H,27,29). The van der Waals surface area contributed by atoms with Gasteiger partial charge >= 0.3 is 0 Å². The van der Waals surface area contributed by atoms with E-state index in [0.717, 1.165) is 11.3 Å². The van der Waals surface area contributed by atoms with E-state index in [2.05, 4.69) is 5.32 Å². The molecule has 10 heteroatoms. The number of carbonyl (C=O) groups is 2. The number of carbonyl (C=O) groups excluding carboxylic acids is 2. The van der Waals surface area contributed by atoms with Crippen molar-refractivity contribution in [2.75, 3.05) is 23.8 Å². The molecule has 36 heavy (non-hydrogen) atoms. The Morgan fingerprint density at radius 1 is 0.778 bits per heavy atom. The molecule has 0 fully saturated rings. The topological polar surface area (TPSA) is 102 Å². The first kappa shape index (κ1) is 25.0. The van der Waals surface area contributed by atoms with Crippen LogP contribution >= 0.6 is 11.3 Å². The number of thiophene rings is 1. The van der Waals surface area contributed by atoms with Crippen molar-refractivity contribution >= 4 is 44.5 Å². The normalized spacial score (nSPS) is 10.9. The molecule has 0 aliphatic rings. The van der Waals surface area contributed by atoms with Gasteiger partial charge in [0, 0.05) is 11.1 Å². The summed E-state index contributed by atoms with van der Waals surface area (Å²) in [7, 11) is -1.29. The predicted molar refractivity (Wildman–Crippen MR) is 139 cm³/mol. The highest BCUT2D eigenvalue weighted by molar-refractivity contribution is 7.95. The minimum absolute atomic E-state index is 0.00794. The van der Waals surface area contributed by atoms with Gasteiger partial charge in [-0.2, -0.15) is 12.7 Å². The van der Waals surface area contributed by atoms with Gasteiger partial charge in [-0.05, 0) is 72.1 Å². The van der Waals surface area contributed by atoms with Crippen LogP contribution in [0.4, 0.5) is 11.4 Å². The lowest BCUT2D eigenvalue weighted by molar-refractivity contribution is 0.1000. The molecule has 1 aromatic heterocycles. The number of methoxy groups -OCH3 is 2. The van der Waals surface area contributed by atoms with E-state index >= 15 is 0 Å². The van der Waals surface area contributed by atoms with Crippen molar-refractivity contribution < 1.29 is 27.5 Å². The first-order valence-corrected chi connectivity index (χ1v) is 13.0. The summed E-state index contributed by atoms with van der Waals surface area (Å²) in [6.07, 6.45) is 0. The molecular formula is C26H22N2O6S2. The maximum atomic E-state index is 13.7. The van der Waals surface area contributed by atoms with Gasteiger partial charge in [-0.15, -0.1) is 11.3 Å². The summed E-state index contributed by atoms with van der Waals surface area (Å²) in [6, 6.07) is 21.8. The van der Waals surface area contributed by atoms with E-state index in [0.29, 0.717) is 21.4 Å². The Bertz CT molecular complexity index is 1470. The lowest BCUT2D eigenvalue weighted by atomic mass is 10.1. The molecule has 0 saturated heterocycles. The maximum Gasteiger partial charge on any atom is 0.280 e. The third-order valence-corrected chi connectivity index (χ3v) is 8.30. The molecular weight excluding hydrogens is 500 g/mol. The Labute approximate surface area is 212 Å². The Balaban J connectivity index is 1.78. The first-order chi connectivity index (χ1) is 17.3. The number of para-hydroxylation sites is 2. The van der Waals surface area contributed by atoms with Crippen LogP contribution < -0.4 is 19.1 Å². The van der Waals surface area contributed by atoms with Gasteiger partial charge in [-0.3, -0.25) is 9.59 Å². The molecule has 184 valence electrons. The van der Waals surface area contributed by atoms with Gasteiger partial charge in [0.15, 0.2) is 0 Å². The summed E-state index contributed by atoms with van der Waals surface area (Å²) in [5.41, 5.74) is 0.626. The molecule has 4 rings (SSSR count). The van der Waals surface area contributed by atoms with Gasteiger partial charge in [0.25, 0.3) is 21.8 Å². The molecule has 3 aromatic carbocycles. The van der Waals surface area contributed by atoms with Crippen LogP contribution in [0.5, 0.6) is 11.5 Å². The molecule has 0 saturated carbocycles. The zero-order valence-corrected chi connectivity index (χ0v) is 21.0. The van der Waals surface area contributed by atoms with Crippen LogP contribution in [0.3, 0.4) is 0 Å². The van der Waals surface area contributed by atoms with Crippen LogP contribution in [0.25, 0.3) is 0 Å². The van der Waals surface area contributed by atoms with Crippen molar-refractivity contribution in [2.24, 2.45) is 0 Å². The minimum atomic E-state index is -4.30. The number of rotatable bonds is 8. The van der Waals surface area contributed by atoms with Crippen LogP contribution in [-0.4, -0.2) is 34.5 Å². The number of hydrogen-bond acceptors (Lipinski definition) is 7. The molecule has 0 atom stereocenters. The Hall–Kier alpha value is -4.15. The van der Waals surface area contributed by atoms with Crippen LogP contribution in [0.2, 0.25) is 0 Å². The molecule has 0 unspecified atom stereocenters. The number of benzene rings is 3. The Morgan fingerprint density at radius 3 is 1.92 bits per heavy atom. The third kappa shape index (κ3) is 5.09. The number of hydrogen-bond donors (Lipinski definition) is 1. The van der Waals surface area contributed by atoms with Gasteiger partial charge < -0.3 is 14.8 Å². The van der Waals surface area contributed by atoms with Crippen LogP contribution in [-0.2, 0) is 10.0 Å². The lowest BCUT2D eigenvalue weighted by Crippen LogP contribution is -2.37. The molecule has 0 aliphatic heterocycles. The largest absolute Gasteiger partial charge is 0.497 e. The van der Waals surface area contributed by atoms with Crippen molar-refractivity contribution in [3.05, 3.63) is 101 Å². The van der Waals surface area contributed by atoms with E-state index in [1.807, 2.05) is 0 Å². The van der Waals surface area contributed by atoms with Gasteiger partial charge in [0.2, 0.25) is 0 Å². The lowest BCUT2D eigenvalue weighted by Gasteiger charge is -2.24. The van der Waals surface area contributed by atoms with Gasteiger partial charge in [0.05, 0.1) is 25.6 Å². The van der Waals surface area contributed by atoms with E-state index in [1.54, 1.807) is 60.0 Å². The molecule has 1 N–H and O–H groups in total. The molecule has 2 amide bonds. The average molecular weight is 523 g/mol. The van der Waals surface area contributed by atoms with Crippen molar-refractivity contribution in [1.29, 1.82) is 0 Å². The first-order valence-electron chi connectivity index (χ1n) is 10.7. The van der Waals surface area contributed by atoms with E-state index in [-0.39, 0.29) is 21.1 Å². The van der Waals surface area contributed by atoms with Gasteiger partial charge in [-0.25, -0.2) is 0 Å². The molecule has 0 radical (unpaired) electrons. The van der Waals surface area contributed by atoms with Crippen molar-refractivity contribution in [1.82, 2.24) is 0 Å². The van der Waals surface area contributed by atoms with Crippen LogP contribution in [0.15, 0.2) is 94.5 Å². The number of ether oxygens (including phenoxy) is 2. The number of amides is 2. The highest BCUT2D eigenvalue weighted by atomic mass is 32.2. The van der Waals surface area contributed by atoms with Crippen molar-refractivity contribution in [3.8, 4) is 11.5 Å². The second-order valence-corrected chi connectivity index (χ2v) is 10.4. The second kappa shape index (κ2) is 10.6. The smallest absolute Gasteiger partial charge is 0.280 e. The van der Waals surface area contributed by atoms with Gasteiger partial charge in [0.1, 0.15) is 15.7 Å². The summed E-state index contributed by atoms with van der Waals surface area (Å²) in [5, 5.41) is 4.34. The van der Waals surface area contributed by atoms with Crippen molar-refractivity contribution in [3.63, 3.8) is 0 Å². The van der Waals surface area contributed by atoms with Crippen LogP contribution in [0, 0.1) is 0 Å². The predicted octanol–water partition coefficient (Wildman–Crippen LogP) is 5.05. The fourth-order valence-corrected chi connectivity index (χ4v) is 5.89. The molecule has 8 nitrogen and oxygen atoms in total. The highest BCUT2D eigenvalue weighted by Crippen LogP contribution is 2.34. The number of sulfonamides is 1. The monoisotopic (exact) mass is 522 g/mol. The Morgan fingerprint density at radius 2 is 1.36 bits per heavy atom. The van der Waals surface area contributed by atoms with E-state index in [4.69, 9.17) is 9.47 Å². The summed E-state index contributed by atoms with van der Waals surface area (Å²) in [4.78, 5) is 26.6. The molecule has 0 bridgehead atoms. The summed E-state index contributed by atoms with van der Waals surface area (Å²) in [6.45, 7) is 0. The van der Waals surface area contributed by atoms with E-state index in [9.17, 15) is 18.0 Å². The SMILES string of the molecule is COc1ccc(C(=O)Nc2ccccc2N(C(=O)c2ccc(OC)cc2)S(=O)(=O)c2cccs2)cc1. The molecule has 0 aliphatic carbocycles. The number of nitrogens with one attached hydrogen (secondary N) is 1. The molecule has 1 heterocycles. The highest BCUT2D eigenvalue weighted by Gasteiger charge is 2.34. The van der Waals surface area contributed by atoms with E-state index < -0.39 is 21.8 Å². The average Bonchev–Trinajstić information content (AvgIpc) is 3.46. The summed E-state index contributed by atoms with van der Waals surface area (Å²) in [5.74, 6) is -0.149.